The van der Waals surface area contributed by atoms with E-state index >= 15 is 0 Å². The first-order valence-electron chi connectivity index (χ1n) is 11.4. The van der Waals surface area contributed by atoms with Gasteiger partial charge in [-0.1, -0.05) is 77.8 Å². The summed E-state index contributed by atoms with van der Waals surface area (Å²) in [5.74, 6) is 1.46. The minimum Gasteiger partial charge on any atom is -0.493 e. The lowest BCUT2D eigenvalue weighted by atomic mass is 10.0. The summed E-state index contributed by atoms with van der Waals surface area (Å²) in [6, 6.07) is 16.3. The summed E-state index contributed by atoms with van der Waals surface area (Å²) in [7, 11) is 0. The Morgan fingerprint density at radius 1 is 0.724 bits per heavy atom. The largest absolute Gasteiger partial charge is 0.493 e. The van der Waals surface area contributed by atoms with E-state index in [1.165, 1.54) is 50.5 Å². The van der Waals surface area contributed by atoms with Crippen LogP contribution in [0.4, 0.5) is 11.4 Å². The monoisotopic (exact) mass is 394 g/mol. The normalized spacial score (nSPS) is 12.4. The van der Waals surface area contributed by atoms with Crippen molar-refractivity contribution in [1.29, 1.82) is 0 Å². The Hall–Kier alpha value is -2.16. The highest BCUT2D eigenvalue weighted by molar-refractivity contribution is 5.43. The maximum absolute atomic E-state index is 5.78. The van der Waals surface area contributed by atoms with Gasteiger partial charge in [-0.15, -0.1) is 0 Å². The van der Waals surface area contributed by atoms with Crippen LogP contribution >= 0.6 is 0 Å². The fourth-order valence-corrected chi connectivity index (χ4v) is 3.10. The lowest BCUT2D eigenvalue weighted by Crippen LogP contribution is -2.06. The fourth-order valence-electron chi connectivity index (χ4n) is 3.10. The molecule has 0 bridgehead atoms. The molecule has 0 aliphatic heterocycles. The molecule has 1 unspecified atom stereocenters. The van der Waals surface area contributed by atoms with Crippen molar-refractivity contribution in [3.63, 3.8) is 0 Å². The lowest BCUT2D eigenvalue weighted by Gasteiger charge is -2.10. The van der Waals surface area contributed by atoms with Gasteiger partial charge < -0.3 is 4.74 Å². The number of nitrogens with zero attached hydrogens (tertiary/aromatic N) is 2. The Bertz CT molecular complexity index is 692. The zero-order valence-electron chi connectivity index (χ0n) is 18.6. The number of aryl methyl sites for hydroxylation is 1. The Balaban J connectivity index is 1.72. The van der Waals surface area contributed by atoms with Crippen molar-refractivity contribution < 1.29 is 4.74 Å². The van der Waals surface area contributed by atoms with Gasteiger partial charge in [0.15, 0.2) is 0 Å². The molecule has 0 heterocycles. The van der Waals surface area contributed by atoms with Crippen molar-refractivity contribution in [3.05, 3.63) is 54.1 Å². The summed E-state index contributed by atoms with van der Waals surface area (Å²) in [5.41, 5.74) is 3.12. The Morgan fingerprint density at radius 2 is 1.28 bits per heavy atom. The second kappa shape index (κ2) is 13.9. The first-order valence-corrected chi connectivity index (χ1v) is 11.4. The smallest absolute Gasteiger partial charge is 0.119 e. The minimum absolute atomic E-state index is 0.572. The van der Waals surface area contributed by atoms with Crippen molar-refractivity contribution in [2.24, 2.45) is 16.1 Å². The van der Waals surface area contributed by atoms with Crippen LogP contribution in [0.3, 0.4) is 0 Å². The first-order chi connectivity index (χ1) is 14.2. The molecular weight excluding hydrogens is 356 g/mol. The summed E-state index contributed by atoms with van der Waals surface area (Å²) in [6.45, 7) is 7.40. The molecule has 0 aliphatic rings. The van der Waals surface area contributed by atoms with Crippen LogP contribution in [0.5, 0.6) is 5.75 Å². The second-order valence-corrected chi connectivity index (χ2v) is 8.06. The van der Waals surface area contributed by atoms with Gasteiger partial charge in [-0.2, -0.15) is 10.2 Å². The SMILES string of the molecule is CCCCCCCCCc1ccc(N=Nc2ccc(OCC(C)CC)cc2)cc1. The molecule has 1 atom stereocenters. The maximum atomic E-state index is 5.78. The molecule has 0 saturated heterocycles. The van der Waals surface area contributed by atoms with Crippen LogP contribution in [0.1, 0.15) is 77.7 Å². The van der Waals surface area contributed by atoms with Crippen LogP contribution in [-0.4, -0.2) is 6.61 Å². The molecule has 2 aromatic rings. The highest BCUT2D eigenvalue weighted by atomic mass is 16.5. The first kappa shape index (κ1) is 23.1. The molecule has 0 amide bonds. The molecule has 29 heavy (non-hydrogen) atoms. The predicted molar refractivity (Wildman–Crippen MR) is 124 cm³/mol. The van der Waals surface area contributed by atoms with Crippen molar-refractivity contribution >= 4 is 11.4 Å². The third-order valence-electron chi connectivity index (χ3n) is 5.35. The number of rotatable bonds is 14. The van der Waals surface area contributed by atoms with Crippen LogP contribution in [0.2, 0.25) is 0 Å². The van der Waals surface area contributed by atoms with Gasteiger partial charge in [-0.3, -0.25) is 0 Å². The fraction of sp³-hybridized carbons (Fsp3) is 0.538. The van der Waals surface area contributed by atoms with Crippen molar-refractivity contribution in [3.8, 4) is 5.75 Å². The molecular formula is C26H38N2O. The molecule has 158 valence electrons. The average Bonchev–Trinajstić information content (AvgIpc) is 2.77. The van der Waals surface area contributed by atoms with Gasteiger partial charge >= 0.3 is 0 Å². The number of benzene rings is 2. The van der Waals surface area contributed by atoms with Crippen LogP contribution in [0.25, 0.3) is 0 Å². The summed E-state index contributed by atoms with van der Waals surface area (Å²) in [6.07, 6.45) is 11.7. The molecule has 0 aliphatic carbocycles. The third kappa shape index (κ3) is 9.74. The molecule has 0 fully saturated rings. The lowest BCUT2D eigenvalue weighted by molar-refractivity contribution is 0.256. The van der Waals surface area contributed by atoms with E-state index in [0.717, 1.165) is 36.6 Å². The Morgan fingerprint density at radius 3 is 1.86 bits per heavy atom. The zero-order valence-corrected chi connectivity index (χ0v) is 18.6. The second-order valence-electron chi connectivity index (χ2n) is 8.06. The van der Waals surface area contributed by atoms with Crippen molar-refractivity contribution in [2.45, 2.75) is 78.6 Å². The minimum atomic E-state index is 0.572. The topological polar surface area (TPSA) is 34.0 Å². The number of hydrogen-bond donors (Lipinski definition) is 0. The van der Waals surface area contributed by atoms with Gasteiger partial charge in [0, 0.05) is 0 Å². The van der Waals surface area contributed by atoms with Gasteiger partial charge in [0.1, 0.15) is 5.75 Å². The van der Waals surface area contributed by atoms with Crippen LogP contribution in [0.15, 0.2) is 58.8 Å². The summed E-state index contributed by atoms with van der Waals surface area (Å²) in [5, 5.41) is 8.70. The number of azo groups is 1. The van der Waals surface area contributed by atoms with E-state index in [1.807, 2.05) is 24.3 Å². The molecule has 3 nitrogen and oxygen atoms in total. The zero-order chi connectivity index (χ0) is 20.7. The van der Waals surface area contributed by atoms with E-state index in [1.54, 1.807) is 0 Å². The average molecular weight is 395 g/mol. The van der Waals surface area contributed by atoms with Crippen LogP contribution < -0.4 is 4.74 Å². The molecule has 0 saturated carbocycles. The van der Waals surface area contributed by atoms with E-state index in [-0.39, 0.29) is 0 Å². The van der Waals surface area contributed by atoms with Crippen molar-refractivity contribution in [1.82, 2.24) is 0 Å². The van der Waals surface area contributed by atoms with Crippen LogP contribution in [-0.2, 0) is 6.42 Å². The van der Waals surface area contributed by atoms with E-state index in [9.17, 15) is 0 Å². The number of ether oxygens (including phenoxy) is 1. The third-order valence-corrected chi connectivity index (χ3v) is 5.35. The van der Waals surface area contributed by atoms with E-state index in [0.29, 0.717) is 5.92 Å². The molecule has 2 aromatic carbocycles. The van der Waals surface area contributed by atoms with Gasteiger partial charge in [0.05, 0.1) is 18.0 Å². The Labute approximate surface area is 177 Å². The molecule has 0 N–H and O–H groups in total. The maximum Gasteiger partial charge on any atom is 0.119 e. The van der Waals surface area contributed by atoms with E-state index in [2.05, 4.69) is 55.3 Å². The summed E-state index contributed by atoms with van der Waals surface area (Å²) >= 11 is 0. The highest BCUT2D eigenvalue weighted by Gasteiger charge is 2.01. The molecule has 0 radical (unpaired) electrons. The highest BCUT2D eigenvalue weighted by Crippen LogP contribution is 2.22. The quantitative estimate of drug-likeness (QED) is 0.233. The van der Waals surface area contributed by atoms with E-state index in [4.69, 9.17) is 4.74 Å². The summed E-state index contributed by atoms with van der Waals surface area (Å²) < 4.78 is 5.78. The molecule has 2 rings (SSSR count). The van der Waals surface area contributed by atoms with Crippen LogP contribution in [0, 0.1) is 5.92 Å². The van der Waals surface area contributed by atoms with Gasteiger partial charge in [-0.25, -0.2) is 0 Å². The van der Waals surface area contributed by atoms with Gasteiger partial charge in [0.2, 0.25) is 0 Å². The predicted octanol–water partition coefficient (Wildman–Crippen LogP) is 8.82. The van der Waals surface area contributed by atoms with Gasteiger partial charge in [-0.05, 0) is 60.7 Å². The van der Waals surface area contributed by atoms with E-state index < -0.39 is 0 Å². The number of hydrogen-bond acceptors (Lipinski definition) is 3. The van der Waals surface area contributed by atoms with Crippen molar-refractivity contribution in [2.75, 3.05) is 6.61 Å². The Kier molecular flexibility index (Phi) is 11.1. The standard InChI is InChI=1S/C26H38N2O/c1-4-6-7-8-9-10-11-12-23-13-15-24(16-14-23)27-28-25-17-19-26(20-18-25)29-21-22(3)5-2/h13-20,22H,4-12,21H2,1-3H3. The number of unbranched alkanes of at least 4 members (excludes halogenated alkanes) is 6. The molecule has 0 spiro atoms. The van der Waals surface area contributed by atoms with Gasteiger partial charge in [0.25, 0.3) is 0 Å². The molecule has 3 heteroatoms. The summed E-state index contributed by atoms with van der Waals surface area (Å²) in [4.78, 5) is 0. The molecule has 0 aromatic heterocycles.